The average molecular weight is 305 g/mol. The number of hydrogen-bond donors (Lipinski definition) is 1. The topological polar surface area (TPSA) is 48.1 Å². The quantitative estimate of drug-likeness (QED) is 0.795. The van der Waals surface area contributed by atoms with Crippen LogP contribution < -0.4 is 10.5 Å². The normalized spacial score (nSPS) is 12.6. The second kappa shape index (κ2) is 5.40. The van der Waals surface area contributed by atoms with Crippen LogP contribution in [-0.4, -0.2) is 12.1 Å². The van der Waals surface area contributed by atoms with Crippen molar-refractivity contribution in [3.63, 3.8) is 0 Å². The number of halogens is 1. The van der Waals surface area contributed by atoms with Crippen molar-refractivity contribution in [3.05, 3.63) is 58.1 Å². The minimum atomic E-state index is -0.250. The van der Waals surface area contributed by atoms with Gasteiger partial charge in [-0.15, -0.1) is 11.3 Å². The van der Waals surface area contributed by atoms with Gasteiger partial charge in [-0.25, -0.2) is 0 Å². The van der Waals surface area contributed by atoms with E-state index in [-0.39, 0.29) is 6.04 Å². The molecule has 2 aromatic heterocycles. The number of pyridine rings is 1. The smallest absolute Gasteiger partial charge is 0.137 e. The first kappa shape index (κ1) is 13.4. The second-order valence-electron chi connectivity index (χ2n) is 4.44. The first-order valence-corrected chi connectivity index (χ1v) is 7.37. The number of hydrogen-bond acceptors (Lipinski definition) is 4. The lowest BCUT2D eigenvalue weighted by Gasteiger charge is -2.14. The maximum Gasteiger partial charge on any atom is 0.137 e. The van der Waals surface area contributed by atoms with Gasteiger partial charge in [-0.1, -0.05) is 17.7 Å². The predicted octanol–water partition coefficient (Wildman–Crippen LogP) is 4.01. The van der Waals surface area contributed by atoms with Gasteiger partial charge in [0.25, 0.3) is 0 Å². The van der Waals surface area contributed by atoms with Crippen LogP contribution in [0.5, 0.6) is 5.75 Å². The molecule has 0 bridgehead atoms. The molecule has 2 N–H and O–H groups in total. The number of fused-ring (bicyclic) bond motifs is 1. The number of thiophene rings is 1. The highest BCUT2D eigenvalue weighted by molar-refractivity contribution is 7.17. The molecular weight excluding hydrogens is 292 g/mol. The summed E-state index contributed by atoms with van der Waals surface area (Å²) in [6.07, 6.45) is 1.82. The molecule has 0 spiro atoms. The molecule has 1 unspecified atom stereocenters. The zero-order chi connectivity index (χ0) is 14.1. The molecule has 0 saturated heterocycles. The second-order valence-corrected chi connectivity index (χ2v) is 5.80. The van der Waals surface area contributed by atoms with Gasteiger partial charge in [-0.2, -0.15) is 0 Å². The lowest BCUT2D eigenvalue weighted by Crippen LogP contribution is -2.12. The molecule has 0 amide bonds. The van der Waals surface area contributed by atoms with Crippen molar-refractivity contribution in [2.45, 2.75) is 6.04 Å². The molecule has 3 rings (SSSR count). The van der Waals surface area contributed by atoms with E-state index in [4.69, 9.17) is 22.1 Å². The summed E-state index contributed by atoms with van der Waals surface area (Å²) in [5.74, 6) is 0.629. The number of nitrogens with zero attached hydrogens (tertiary/aromatic N) is 1. The summed E-state index contributed by atoms with van der Waals surface area (Å²) in [6.45, 7) is 0. The molecule has 2 heterocycles. The minimum absolute atomic E-state index is 0.250. The number of ether oxygens (including phenoxy) is 1. The Hall–Kier alpha value is -1.62. The Morgan fingerprint density at radius 2 is 2.10 bits per heavy atom. The zero-order valence-corrected chi connectivity index (χ0v) is 12.4. The van der Waals surface area contributed by atoms with E-state index in [1.165, 1.54) is 0 Å². The van der Waals surface area contributed by atoms with Crippen LogP contribution in [-0.2, 0) is 0 Å². The zero-order valence-electron chi connectivity index (χ0n) is 10.8. The highest BCUT2D eigenvalue weighted by atomic mass is 35.5. The molecule has 5 heteroatoms. The van der Waals surface area contributed by atoms with Crippen molar-refractivity contribution >= 4 is 33.2 Å². The van der Waals surface area contributed by atoms with E-state index in [0.717, 1.165) is 21.3 Å². The Kier molecular flexibility index (Phi) is 3.61. The number of methoxy groups -OCH3 is 1. The summed E-state index contributed by atoms with van der Waals surface area (Å²) in [4.78, 5) is 4.42. The predicted molar refractivity (Wildman–Crippen MR) is 83.7 cm³/mol. The van der Waals surface area contributed by atoms with Gasteiger partial charge in [-0.3, -0.25) is 4.98 Å². The monoisotopic (exact) mass is 304 g/mol. The molecule has 0 fully saturated rings. The molecule has 0 radical (unpaired) electrons. The molecular formula is C15H13ClN2OS. The third-order valence-electron chi connectivity index (χ3n) is 3.22. The van der Waals surface area contributed by atoms with Crippen LogP contribution in [0.2, 0.25) is 5.02 Å². The van der Waals surface area contributed by atoms with Crippen molar-refractivity contribution < 1.29 is 4.74 Å². The maximum atomic E-state index is 6.32. The Labute approximate surface area is 126 Å². The maximum absolute atomic E-state index is 6.32. The number of aromatic nitrogens is 1. The SMILES string of the molecule is COc1cc(C(N)c2cnc3ccsc3c2)ccc1Cl. The van der Waals surface area contributed by atoms with E-state index in [1.54, 1.807) is 24.5 Å². The Morgan fingerprint density at radius 1 is 1.25 bits per heavy atom. The molecule has 0 saturated carbocycles. The van der Waals surface area contributed by atoms with E-state index in [0.29, 0.717) is 10.8 Å². The number of benzene rings is 1. The van der Waals surface area contributed by atoms with Gasteiger partial charge < -0.3 is 10.5 Å². The summed E-state index contributed by atoms with van der Waals surface area (Å²) in [6, 6.07) is 9.41. The van der Waals surface area contributed by atoms with E-state index in [2.05, 4.69) is 11.1 Å². The van der Waals surface area contributed by atoms with Gasteiger partial charge in [0.15, 0.2) is 0 Å². The van der Waals surface area contributed by atoms with Gasteiger partial charge >= 0.3 is 0 Å². The summed E-state index contributed by atoms with van der Waals surface area (Å²) in [5.41, 5.74) is 9.24. The Balaban J connectivity index is 2.00. The fraction of sp³-hybridized carbons (Fsp3) is 0.133. The van der Waals surface area contributed by atoms with E-state index >= 15 is 0 Å². The Bertz CT molecular complexity index is 756. The van der Waals surface area contributed by atoms with E-state index in [1.807, 2.05) is 29.8 Å². The van der Waals surface area contributed by atoms with Crippen LogP contribution in [0.1, 0.15) is 17.2 Å². The summed E-state index contributed by atoms with van der Waals surface area (Å²) in [5, 5.41) is 2.61. The first-order valence-electron chi connectivity index (χ1n) is 6.11. The van der Waals surface area contributed by atoms with Crippen molar-refractivity contribution in [3.8, 4) is 5.75 Å². The van der Waals surface area contributed by atoms with Crippen molar-refractivity contribution in [1.29, 1.82) is 0 Å². The third-order valence-corrected chi connectivity index (χ3v) is 4.38. The molecule has 102 valence electrons. The van der Waals surface area contributed by atoms with Crippen molar-refractivity contribution in [2.24, 2.45) is 5.73 Å². The number of rotatable bonds is 3. The molecule has 20 heavy (non-hydrogen) atoms. The summed E-state index contributed by atoms with van der Waals surface area (Å²) in [7, 11) is 1.59. The van der Waals surface area contributed by atoms with E-state index in [9.17, 15) is 0 Å². The molecule has 0 aliphatic heterocycles. The van der Waals surface area contributed by atoms with Crippen LogP contribution >= 0.6 is 22.9 Å². The Morgan fingerprint density at radius 3 is 2.90 bits per heavy atom. The highest BCUT2D eigenvalue weighted by Gasteiger charge is 2.13. The van der Waals surface area contributed by atoms with Gasteiger partial charge in [-0.05, 0) is 40.8 Å². The van der Waals surface area contributed by atoms with Gasteiger partial charge in [0.2, 0.25) is 0 Å². The summed E-state index contributed by atoms with van der Waals surface area (Å²) >= 11 is 7.69. The van der Waals surface area contributed by atoms with Gasteiger partial charge in [0.05, 0.1) is 28.4 Å². The summed E-state index contributed by atoms with van der Waals surface area (Å²) < 4.78 is 6.37. The van der Waals surface area contributed by atoms with Crippen molar-refractivity contribution in [2.75, 3.05) is 7.11 Å². The molecule has 3 nitrogen and oxygen atoms in total. The largest absolute Gasteiger partial charge is 0.495 e. The highest BCUT2D eigenvalue weighted by Crippen LogP contribution is 2.30. The van der Waals surface area contributed by atoms with Gasteiger partial charge in [0.1, 0.15) is 5.75 Å². The van der Waals surface area contributed by atoms with Crippen LogP contribution in [0.4, 0.5) is 0 Å². The molecule has 1 aromatic carbocycles. The lowest BCUT2D eigenvalue weighted by atomic mass is 10.0. The fourth-order valence-electron chi connectivity index (χ4n) is 2.09. The third kappa shape index (κ3) is 2.38. The van der Waals surface area contributed by atoms with Crippen molar-refractivity contribution in [1.82, 2.24) is 4.98 Å². The standard InChI is InChI=1S/C15H13ClN2OS/c1-19-13-6-9(2-3-11(13)16)15(17)10-7-14-12(18-8-10)4-5-20-14/h2-8,15H,17H2,1H3. The van der Waals surface area contributed by atoms with Gasteiger partial charge in [0, 0.05) is 6.20 Å². The van der Waals surface area contributed by atoms with E-state index < -0.39 is 0 Å². The van der Waals surface area contributed by atoms with Crippen LogP contribution in [0, 0.1) is 0 Å². The number of nitrogens with two attached hydrogens (primary N) is 1. The molecule has 0 aliphatic carbocycles. The molecule has 0 aliphatic rings. The molecule has 1 atom stereocenters. The fourth-order valence-corrected chi connectivity index (χ4v) is 3.08. The van der Waals surface area contributed by atoms with Crippen LogP contribution in [0.25, 0.3) is 10.2 Å². The lowest BCUT2D eigenvalue weighted by molar-refractivity contribution is 0.414. The average Bonchev–Trinajstić information content (AvgIpc) is 2.94. The first-order chi connectivity index (χ1) is 9.69. The minimum Gasteiger partial charge on any atom is -0.495 e. The molecule has 3 aromatic rings. The van der Waals surface area contributed by atoms with Crippen LogP contribution in [0.15, 0.2) is 41.9 Å². The van der Waals surface area contributed by atoms with Crippen LogP contribution in [0.3, 0.4) is 0 Å².